The van der Waals surface area contributed by atoms with Crippen molar-refractivity contribution >= 4 is 5.69 Å². The summed E-state index contributed by atoms with van der Waals surface area (Å²) < 4.78 is 5.22. The van der Waals surface area contributed by atoms with Crippen molar-refractivity contribution in [1.82, 2.24) is 4.90 Å². The Balaban J connectivity index is 1.76. The highest BCUT2D eigenvalue weighted by Crippen LogP contribution is 2.33. The molecule has 0 saturated carbocycles. The van der Waals surface area contributed by atoms with Gasteiger partial charge < -0.3 is 10.5 Å². The molecule has 2 aromatic rings. The number of nitrogens with zero attached hydrogens (tertiary/aromatic N) is 1. The van der Waals surface area contributed by atoms with E-state index in [1.165, 1.54) is 24.0 Å². The molecular weight excluding hydrogens is 260 g/mol. The fourth-order valence-corrected chi connectivity index (χ4v) is 3.18. The molecule has 0 radical (unpaired) electrons. The van der Waals surface area contributed by atoms with Gasteiger partial charge in [-0.3, -0.25) is 4.90 Å². The molecule has 110 valence electrons. The van der Waals surface area contributed by atoms with Gasteiger partial charge in [0.05, 0.1) is 12.8 Å². The Kier molecular flexibility index (Phi) is 4.11. The van der Waals surface area contributed by atoms with Gasteiger partial charge in [-0.15, -0.1) is 0 Å². The van der Waals surface area contributed by atoms with Crippen LogP contribution in [0.2, 0.25) is 0 Å². The van der Waals surface area contributed by atoms with E-state index >= 15 is 0 Å². The number of likely N-dealkylation sites (tertiary alicyclic amines) is 1. The molecule has 0 bridgehead atoms. The number of methoxy groups -OCH3 is 1. The zero-order chi connectivity index (χ0) is 14.7. The first kappa shape index (κ1) is 14.0. The fourth-order valence-electron chi connectivity index (χ4n) is 3.18. The van der Waals surface area contributed by atoms with Crippen LogP contribution in [0, 0.1) is 0 Å². The predicted octanol–water partition coefficient (Wildman–Crippen LogP) is 3.61. The van der Waals surface area contributed by atoms with Crippen molar-refractivity contribution in [1.29, 1.82) is 0 Å². The Morgan fingerprint density at radius 3 is 2.71 bits per heavy atom. The van der Waals surface area contributed by atoms with Crippen LogP contribution in [0.15, 0.2) is 48.5 Å². The van der Waals surface area contributed by atoms with E-state index in [2.05, 4.69) is 41.3 Å². The monoisotopic (exact) mass is 282 g/mol. The first-order chi connectivity index (χ1) is 10.3. The number of ether oxygens (including phenoxy) is 1. The highest BCUT2D eigenvalue weighted by molar-refractivity contribution is 5.54. The second-order valence-corrected chi connectivity index (χ2v) is 5.62. The maximum absolute atomic E-state index is 6.01. The average Bonchev–Trinajstić information content (AvgIpc) is 2.96. The topological polar surface area (TPSA) is 38.5 Å². The van der Waals surface area contributed by atoms with Gasteiger partial charge in [-0.05, 0) is 42.6 Å². The zero-order valence-corrected chi connectivity index (χ0v) is 12.5. The Labute approximate surface area is 126 Å². The van der Waals surface area contributed by atoms with Crippen LogP contribution < -0.4 is 10.5 Å². The van der Waals surface area contributed by atoms with Crippen molar-refractivity contribution < 1.29 is 4.74 Å². The molecule has 21 heavy (non-hydrogen) atoms. The number of benzene rings is 2. The quantitative estimate of drug-likeness (QED) is 0.871. The highest BCUT2D eigenvalue weighted by Gasteiger charge is 2.25. The lowest BCUT2D eigenvalue weighted by Crippen LogP contribution is -2.22. The molecule has 1 fully saturated rings. The molecular formula is C18H22N2O. The van der Waals surface area contributed by atoms with Gasteiger partial charge in [0, 0.05) is 12.6 Å². The van der Waals surface area contributed by atoms with Crippen molar-refractivity contribution in [3.63, 3.8) is 0 Å². The van der Waals surface area contributed by atoms with Gasteiger partial charge in [-0.25, -0.2) is 0 Å². The summed E-state index contributed by atoms with van der Waals surface area (Å²) in [5.74, 6) is 0.750. The summed E-state index contributed by atoms with van der Waals surface area (Å²) in [6.07, 6.45) is 2.49. The second-order valence-electron chi connectivity index (χ2n) is 5.62. The van der Waals surface area contributed by atoms with Crippen LogP contribution in [0.25, 0.3) is 0 Å². The van der Waals surface area contributed by atoms with Crippen LogP contribution in [0.1, 0.15) is 30.0 Å². The number of rotatable bonds is 4. The minimum atomic E-state index is 0.523. The van der Waals surface area contributed by atoms with Gasteiger partial charge in [-0.2, -0.15) is 0 Å². The standard InChI is InChI=1S/C18H22N2O/c1-21-18-10-9-14(12-16(18)19)13-20-11-5-8-17(20)15-6-3-2-4-7-15/h2-4,6-7,9-10,12,17H,5,8,11,13,19H2,1H3. The predicted molar refractivity (Wildman–Crippen MR) is 86.2 cm³/mol. The maximum atomic E-state index is 6.01. The van der Waals surface area contributed by atoms with Gasteiger partial charge in [-0.1, -0.05) is 36.4 Å². The van der Waals surface area contributed by atoms with E-state index in [9.17, 15) is 0 Å². The molecule has 0 spiro atoms. The van der Waals surface area contributed by atoms with Crippen LogP contribution in [-0.2, 0) is 6.54 Å². The summed E-state index contributed by atoms with van der Waals surface area (Å²) >= 11 is 0. The van der Waals surface area contributed by atoms with E-state index in [-0.39, 0.29) is 0 Å². The number of hydrogen-bond acceptors (Lipinski definition) is 3. The molecule has 1 aliphatic rings. The van der Waals surface area contributed by atoms with Gasteiger partial charge in [0.2, 0.25) is 0 Å². The van der Waals surface area contributed by atoms with Gasteiger partial charge in [0.1, 0.15) is 5.75 Å². The van der Waals surface area contributed by atoms with E-state index in [1.54, 1.807) is 7.11 Å². The molecule has 1 atom stereocenters. The molecule has 3 rings (SSSR count). The third-order valence-electron chi connectivity index (χ3n) is 4.23. The smallest absolute Gasteiger partial charge is 0.141 e. The van der Waals surface area contributed by atoms with Crippen LogP contribution in [0.3, 0.4) is 0 Å². The Morgan fingerprint density at radius 1 is 1.19 bits per heavy atom. The molecule has 0 aromatic heterocycles. The molecule has 1 heterocycles. The first-order valence-corrected chi connectivity index (χ1v) is 7.49. The van der Waals surface area contributed by atoms with Crippen LogP contribution >= 0.6 is 0 Å². The number of hydrogen-bond donors (Lipinski definition) is 1. The normalized spacial score (nSPS) is 18.8. The van der Waals surface area contributed by atoms with Crippen molar-refractivity contribution in [2.24, 2.45) is 0 Å². The average molecular weight is 282 g/mol. The van der Waals surface area contributed by atoms with Crippen molar-refractivity contribution in [2.75, 3.05) is 19.4 Å². The third kappa shape index (κ3) is 3.03. The maximum Gasteiger partial charge on any atom is 0.141 e. The minimum Gasteiger partial charge on any atom is -0.495 e. The third-order valence-corrected chi connectivity index (χ3v) is 4.23. The second kappa shape index (κ2) is 6.19. The molecule has 2 N–H and O–H groups in total. The molecule has 1 aliphatic heterocycles. The van der Waals surface area contributed by atoms with E-state index in [4.69, 9.17) is 10.5 Å². The van der Waals surface area contributed by atoms with Crippen molar-refractivity contribution in [2.45, 2.75) is 25.4 Å². The summed E-state index contributed by atoms with van der Waals surface area (Å²) in [5.41, 5.74) is 9.38. The molecule has 1 saturated heterocycles. The van der Waals surface area contributed by atoms with E-state index in [0.717, 1.165) is 18.8 Å². The van der Waals surface area contributed by atoms with E-state index in [0.29, 0.717) is 11.7 Å². The number of anilines is 1. The minimum absolute atomic E-state index is 0.523. The largest absolute Gasteiger partial charge is 0.495 e. The lowest BCUT2D eigenvalue weighted by molar-refractivity contribution is 0.248. The fraction of sp³-hybridized carbons (Fsp3) is 0.333. The van der Waals surface area contributed by atoms with E-state index in [1.807, 2.05) is 12.1 Å². The van der Waals surface area contributed by atoms with Crippen molar-refractivity contribution in [3.05, 3.63) is 59.7 Å². The van der Waals surface area contributed by atoms with Crippen LogP contribution in [0.5, 0.6) is 5.75 Å². The van der Waals surface area contributed by atoms with E-state index < -0.39 is 0 Å². The van der Waals surface area contributed by atoms with Crippen LogP contribution in [-0.4, -0.2) is 18.6 Å². The Bertz CT molecular complexity index is 597. The Hall–Kier alpha value is -2.00. The SMILES string of the molecule is COc1ccc(CN2CCCC2c2ccccc2)cc1N. The first-order valence-electron chi connectivity index (χ1n) is 7.49. The summed E-state index contributed by atoms with van der Waals surface area (Å²) in [4.78, 5) is 2.54. The van der Waals surface area contributed by atoms with Gasteiger partial charge in [0.25, 0.3) is 0 Å². The van der Waals surface area contributed by atoms with Crippen molar-refractivity contribution in [3.8, 4) is 5.75 Å². The Morgan fingerprint density at radius 2 is 2.00 bits per heavy atom. The number of nitrogens with two attached hydrogens (primary N) is 1. The molecule has 1 unspecified atom stereocenters. The summed E-state index contributed by atoms with van der Waals surface area (Å²) in [5, 5.41) is 0. The summed E-state index contributed by atoms with van der Waals surface area (Å²) in [6, 6.07) is 17.4. The molecule has 2 aromatic carbocycles. The molecule has 3 nitrogen and oxygen atoms in total. The lowest BCUT2D eigenvalue weighted by atomic mass is 10.0. The van der Waals surface area contributed by atoms with Gasteiger partial charge >= 0.3 is 0 Å². The molecule has 0 amide bonds. The summed E-state index contributed by atoms with van der Waals surface area (Å²) in [7, 11) is 1.65. The van der Waals surface area contributed by atoms with Crippen LogP contribution in [0.4, 0.5) is 5.69 Å². The zero-order valence-electron chi connectivity index (χ0n) is 12.5. The summed E-state index contributed by atoms with van der Waals surface area (Å²) in [6.45, 7) is 2.08. The highest BCUT2D eigenvalue weighted by atomic mass is 16.5. The molecule has 0 aliphatic carbocycles. The molecule has 3 heteroatoms. The lowest BCUT2D eigenvalue weighted by Gasteiger charge is -2.25. The number of nitrogen functional groups attached to an aromatic ring is 1. The van der Waals surface area contributed by atoms with Gasteiger partial charge in [0.15, 0.2) is 0 Å².